The summed E-state index contributed by atoms with van der Waals surface area (Å²) in [7, 11) is 0. The Morgan fingerprint density at radius 3 is 2.71 bits per heavy atom. The highest BCUT2D eigenvalue weighted by Crippen LogP contribution is 2.33. The lowest BCUT2D eigenvalue weighted by Crippen LogP contribution is -2.27. The second kappa shape index (κ2) is 5.13. The molecule has 1 N–H and O–H groups in total. The molecule has 82 valence electrons. The van der Waals surface area contributed by atoms with E-state index in [1.165, 1.54) is 45.1 Å². The van der Waals surface area contributed by atoms with Crippen LogP contribution in [0.1, 0.15) is 45.4 Å². The molecule has 2 unspecified atom stereocenters. The van der Waals surface area contributed by atoms with Crippen LogP contribution in [0.4, 0.5) is 0 Å². The first kappa shape index (κ1) is 10.4. The summed E-state index contributed by atoms with van der Waals surface area (Å²) in [5.74, 6) is 1.08. The van der Waals surface area contributed by atoms with Crippen LogP contribution in [0.15, 0.2) is 0 Å². The van der Waals surface area contributed by atoms with E-state index in [1.54, 1.807) is 0 Å². The molecule has 2 fully saturated rings. The van der Waals surface area contributed by atoms with Crippen LogP contribution in [0.5, 0.6) is 0 Å². The van der Waals surface area contributed by atoms with Crippen LogP contribution < -0.4 is 5.32 Å². The van der Waals surface area contributed by atoms with Gasteiger partial charge in [0, 0.05) is 6.54 Å². The van der Waals surface area contributed by atoms with Crippen molar-refractivity contribution in [2.45, 2.75) is 57.7 Å². The molecule has 2 rings (SSSR count). The molecule has 2 heteroatoms. The smallest absolute Gasteiger partial charge is 0.0704 e. The van der Waals surface area contributed by atoms with Crippen LogP contribution in [0.3, 0.4) is 0 Å². The van der Waals surface area contributed by atoms with Gasteiger partial charge in [-0.15, -0.1) is 0 Å². The van der Waals surface area contributed by atoms with Crippen molar-refractivity contribution in [1.29, 1.82) is 0 Å². The SMILES string of the molecule is CC1CCC(CNCCCC2CC2)O1. The van der Waals surface area contributed by atoms with E-state index in [4.69, 9.17) is 4.74 Å². The second-order valence-corrected chi connectivity index (χ2v) is 4.94. The Bertz CT molecular complexity index is 168. The van der Waals surface area contributed by atoms with Gasteiger partial charge in [-0.25, -0.2) is 0 Å². The molecule has 0 aromatic carbocycles. The van der Waals surface area contributed by atoms with E-state index in [0.717, 1.165) is 12.5 Å². The first-order chi connectivity index (χ1) is 6.84. The van der Waals surface area contributed by atoms with Gasteiger partial charge in [-0.3, -0.25) is 0 Å². The molecule has 0 amide bonds. The minimum Gasteiger partial charge on any atom is -0.374 e. The highest BCUT2D eigenvalue weighted by Gasteiger charge is 2.22. The first-order valence-electron chi connectivity index (χ1n) is 6.21. The number of nitrogens with one attached hydrogen (secondary N) is 1. The minimum absolute atomic E-state index is 0.492. The summed E-state index contributed by atoms with van der Waals surface area (Å²) in [6, 6.07) is 0. The standard InChI is InChI=1S/C12H23NO/c1-10-4-7-12(14-10)9-13-8-2-3-11-5-6-11/h10-13H,2-9H2,1H3. The zero-order chi connectivity index (χ0) is 9.80. The van der Waals surface area contributed by atoms with Crippen molar-refractivity contribution in [3.63, 3.8) is 0 Å². The summed E-state index contributed by atoms with van der Waals surface area (Å²) in [5, 5.41) is 3.51. The molecular weight excluding hydrogens is 174 g/mol. The Morgan fingerprint density at radius 1 is 1.21 bits per heavy atom. The maximum absolute atomic E-state index is 5.74. The number of hydrogen-bond donors (Lipinski definition) is 1. The first-order valence-corrected chi connectivity index (χ1v) is 6.21. The Balaban J connectivity index is 1.42. The molecule has 1 saturated carbocycles. The zero-order valence-corrected chi connectivity index (χ0v) is 9.30. The molecule has 0 aromatic heterocycles. The zero-order valence-electron chi connectivity index (χ0n) is 9.30. The van der Waals surface area contributed by atoms with Crippen LogP contribution in [0.25, 0.3) is 0 Å². The second-order valence-electron chi connectivity index (χ2n) is 4.94. The summed E-state index contributed by atoms with van der Waals surface area (Å²) in [5.41, 5.74) is 0. The number of ether oxygens (including phenoxy) is 1. The van der Waals surface area contributed by atoms with Gasteiger partial charge in [0.2, 0.25) is 0 Å². The molecule has 0 spiro atoms. The monoisotopic (exact) mass is 197 g/mol. The molecule has 0 bridgehead atoms. The largest absolute Gasteiger partial charge is 0.374 e. The van der Waals surface area contributed by atoms with Crippen molar-refractivity contribution >= 4 is 0 Å². The lowest BCUT2D eigenvalue weighted by molar-refractivity contribution is 0.0561. The van der Waals surface area contributed by atoms with Crippen LogP contribution in [0.2, 0.25) is 0 Å². The predicted octanol–water partition coefficient (Wildman–Crippen LogP) is 2.33. The van der Waals surface area contributed by atoms with Gasteiger partial charge in [-0.1, -0.05) is 12.8 Å². The van der Waals surface area contributed by atoms with Gasteiger partial charge >= 0.3 is 0 Å². The highest BCUT2D eigenvalue weighted by molar-refractivity contribution is 4.74. The lowest BCUT2D eigenvalue weighted by Gasteiger charge is -2.11. The Labute approximate surface area is 87.4 Å². The normalized spacial score (nSPS) is 32.4. The van der Waals surface area contributed by atoms with Crippen molar-refractivity contribution in [3.05, 3.63) is 0 Å². The van der Waals surface area contributed by atoms with Crippen LogP contribution in [0, 0.1) is 5.92 Å². The Hall–Kier alpha value is -0.0800. The molecule has 14 heavy (non-hydrogen) atoms. The fourth-order valence-corrected chi connectivity index (χ4v) is 2.22. The molecule has 1 saturated heterocycles. The van der Waals surface area contributed by atoms with Crippen molar-refractivity contribution in [1.82, 2.24) is 5.32 Å². The average molecular weight is 197 g/mol. The minimum atomic E-state index is 0.492. The summed E-state index contributed by atoms with van der Waals surface area (Å²) in [4.78, 5) is 0. The maximum atomic E-state index is 5.74. The van der Waals surface area contributed by atoms with Crippen LogP contribution in [-0.4, -0.2) is 25.3 Å². The van der Waals surface area contributed by atoms with E-state index in [-0.39, 0.29) is 0 Å². The quantitative estimate of drug-likeness (QED) is 0.660. The van der Waals surface area contributed by atoms with Gasteiger partial charge in [-0.2, -0.15) is 0 Å². The van der Waals surface area contributed by atoms with E-state index in [0.29, 0.717) is 12.2 Å². The van der Waals surface area contributed by atoms with Crippen molar-refractivity contribution in [2.75, 3.05) is 13.1 Å². The summed E-state index contributed by atoms with van der Waals surface area (Å²) >= 11 is 0. The van der Waals surface area contributed by atoms with Crippen molar-refractivity contribution < 1.29 is 4.74 Å². The highest BCUT2D eigenvalue weighted by atomic mass is 16.5. The third kappa shape index (κ3) is 3.58. The molecular formula is C12H23NO. The molecule has 0 radical (unpaired) electrons. The van der Waals surface area contributed by atoms with Gasteiger partial charge in [0.15, 0.2) is 0 Å². The lowest BCUT2D eigenvalue weighted by atomic mass is 10.2. The molecule has 0 aromatic rings. The summed E-state index contributed by atoms with van der Waals surface area (Å²) < 4.78 is 5.74. The van der Waals surface area contributed by atoms with Crippen LogP contribution >= 0.6 is 0 Å². The summed E-state index contributed by atoms with van der Waals surface area (Å²) in [6.45, 7) is 4.42. The molecule has 2 atom stereocenters. The molecule has 1 aliphatic carbocycles. The molecule has 2 nitrogen and oxygen atoms in total. The molecule has 2 aliphatic rings. The third-order valence-corrected chi connectivity index (χ3v) is 3.35. The molecule has 1 heterocycles. The fraction of sp³-hybridized carbons (Fsp3) is 1.00. The third-order valence-electron chi connectivity index (χ3n) is 3.35. The van der Waals surface area contributed by atoms with Gasteiger partial charge in [0.05, 0.1) is 12.2 Å². The van der Waals surface area contributed by atoms with E-state index in [1.807, 2.05) is 0 Å². The van der Waals surface area contributed by atoms with Gasteiger partial charge < -0.3 is 10.1 Å². The van der Waals surface area contributed by atoms with Gasteiger partial charge in [0.25, 0.3) is 0 Å². The molecule has 1 aliphatic heterocycles. The number of rotatable bonds is 6. The average Bonchev–Trinajstić information content (AvgIpc) is 2.89. The van der Waals surface area contributed by atoms with E-state index < -0.39 is 0 Å². The number of hydrogen-bond acceptors (Lipinski definition) is 2. The predicted molar refractivity (Wildman–Crippen MR) is 58.4 cm³/mol. The Morgan fingerprint density at radius 2 is 2.07 bits per heavy atom. The van der Waals surface area contributed by atoms with Crippen molar-refractivity contribution in [3.8, 4) is 0 Å². The summed E-state index contributed by atoms with van der Waals surface area (Å²) in [6.07, 6.45) is 9.25. The maximum Gasteiger partial charge on any atom is 0.0704 e. The van der Waals surface area contributed by atoms with E-state index in [9.17, 15) is 0 Å². The van der Waals surface area contributed by atoms with Crippen molar-refractivity contribution in [2.24, 2.45) is 5.92 Å². The van der Waals surface area contributed by atoms with Crippen LogP contribution in [-0.2, 0) is 4.74 Å². The van der Waals surface area contributed by atoms with E-state index in [2.05, 4.69) is 12.2 Å². The van der Waals surface area contributed by atoms with Gasteiger partial charge in [0.1, 0.15) is 0 Å². The topological polar surface area (TPSA) is 21.3 Å². The van der Waals surface area contributed by atoms with Gasteiger partial charge in [-0.05, 0) is 45.1 Å². The Kier molecular flexibility index (Phi) is 3.82. The van der Waals surface area contributed by atoms with E-state index >= 15 is 0 Å². The fourth-order valence-electron chi connectivity index (χ4n) is 2.22.